The van der Waals surface area contributed by atoms with E-state index >= 15 is 20.4 Å². The van der Waals surface area contributed by atoms with Crippen LogP contribution >= 0.6 is 0 Å². The van der Waals surface area contributed by atoms with Gasteiger partial charge in [-0.2, -0.15) is 33.7 Å². The Balaban J connectivity index is 0.00000486. The molecule has 4 saturated heterocycles. The van der Waals surface area contributed by atoms with Crippen LogP contribution in [0.15, 0.2) is 24.3 Å². The van der Waals surface area contributed by atoms with Crippen molar-refractivity contribution in [1.82, 2.24) is 19.6 Å². The summed E-state index contributed by atoms with van der Waals surface area (Å²) < 4.78 is 147. The van der Waals surface area contributed by atoms with Gasteiger partial charge in [0, 0.05) is 124 Å². The number of aromatic hydroxyl groups is 4. The number of phenolic OH excluding ortho intramolecular Hbond substituents is 4. The summed E-state index contributed by atoms with van der Waals surface area (Å²) in [7, 11) is -21.4. The maximum Gasteiger partial charge on any atom is 1.00 e. The second kappa shape index (κ2) is 35.7. The number of benzene rings is 4. The monoisotopic (exact) mass is 1580 g/mol. The molecule has 104 heavy (non-hydrogen) atoms. The number of carboxylic acid groups (broad SMARTS) is 4. The zero-order chi connectivity index (χ0) is 74.1. The molecule has 4 aliphatic heterocycles. The van der Waals surface area contributed by atoms with Gasteiger partial charge in [-0.25, -0.2) is 0 Å². The normalized spacial score (nSPS) is 24.8. The number of aliphatic hydroxyl groups is 4. The van der Waals surface area contributed by atoms with Gasteiger partial charge >= 0.3 is 142 Å². The fourth-order valence-corrected chi connectivity index (χ4v) is 16.9. The summed E-state index contributed by atoms with van der Waals surface area (Å²) in [5.74, 6) is -32.5. The fourth-order valence-electron chi connectivity index (χ4n) is 14.8. The van der Waals surface area contributed by atoms with Crippen molar-refractivity contribution in [3.63, 3.8) is 0 Å². The van der Waals surface area contributed by atoms with Crippen LogP contribution in [0.2, 0.25) is 0 Å². The van der Waals surface area contributed by atoms with Crippen LogP contribution in [0.1, 0.15) is 142 Å². The van der Waals surface area contributed by atoms with Gasteiger partial charge in [0.15, 0.2) is 0 Å². The van der Waals surface area contributed by atoms with Crippen molar-refractivity contribution in [1.29, 1.82) is 0 Å². The van der Waals surface area contributed by atoms with E-state index in [9.17, 15) is 132 Å². The summed E-state index contributed by atoms with van der Waals surface area (Å²) in [4.78, 5) is 55.0. The van der Waals surface area contributed by atoms with Gasteiger partial charge in [0.05, 0.1) is 58.6 Å². The quantitative estimate of drug-likeness (QED) is 0.0229. The fraction of sp³-hybridized carbons (Fsp3) is 0.533. The number of aliphatic hydroxyl groups excluding tert-OH is 4. The maximum atomic E-state index is 15.9. The SMILES string of the molecule is O=C(O)[C@@H]1C[C@H](O)CN1Cc1c([O-])c2cc(c1[O-])C(CCS(=O)(=O)O)c1cc(c(O)c(CN3C[C@@H](O)C[C@H]3C(=O)O)c1O)C(CCS(=O)(=O)O)c1cc(c(O)c(CN3C[C@@H](O)C[C@H]3C(=O)O)c1O)C(CCS(=O)(=O)O)c1cc(c([O-])c(CN3C[C@@H](O)C[C@H]3C(=O)O)c1[O-])C2CCS(=O)(=O)O.[Na+].[Na+].[Na+].[Na+]. The third-order valence-electron chi connectivity index (χ3n) is 19.4. The topological polar surface area (TPSA) is 634 Å². The molecule has 10 atom stereocenters. The number of carbonyl (C=O) groups is 4. The van der Waals surface area contributed by atoms with Crippen LogP contribution in [-0.4, -0.2) is 254 Å². The number of rotatable bonds is 24. The van der Waals surface area contributed by atoms with E-state index in [1.807, 2.05) is 0 Å². The number of phenols is 4. The van der Waals surface area contributed by atoms with E-state index in [2.05, 4.69) is 0 Å². The first-order valence-corrected chi connectivity index (χ1v) is 37.4. The Morgan fingerprint density at radius 2 is 0.510 bits per heavy atom. The minimum atomic E-state index is -5.36. The molecule has 0 radical (unpaired) electrons. The summed E-state index contributed by atoms with van der Waals surface area (Å²) in [5, 5.41) is 200. The van der Waals surface area contributed by atoms with E-state index in [4.69, 9.17) is 0 Å². The molecule has 4 fully saturated rings. The van der Waals surface area contributed by atoms with Gasteiger partial charge in [-0.3, -0.25) is 57.0 Å². The second-order valence-corrected chi connectivity index (χ2v) is 32.3. The zero-order valence-electron chi connectivity index (χ0n) is 56.5. The third kappa shape index (κ3) is 20.7. The summed E-state index contributed by atoms with van der Waals surface area (Å²) in [6.45, 7) is -6.68. The summed E-state index contributed by atoms with van der Waals surface area (Å²) in [5.41, 5.74) is -11.0. The molecular weight excluding hydrogens is 1510 g/mol. The van der Waals surface area contributed by atoms with Crippen LogP contribution in [0.4, 0.5) is 0 Å². The Labute approximate surface area is 683 Å². The summed E-state index contributed by atoms with van der Waals surface area (Å²) >= 11 is 0. The number of nitrogens with zero attached hydrogens (tertiary/aromatic N) is 4. The number of carboxylic acids is 4. The van der Waals surface area contributed by atoms with Crippen LogP contribution in [0.25, 0.3) is 0 Å². The summed E-state index contributed by atoms with van der Waals surface area (Å²) in [6.07, 6.45) is -12.8. The second-order valence-electron chi connectivity index (χ2n) is 26.0. The molecule has 5 aliphatic rings. The molecule has 9 rings (SSSR count). The number of fused-ring (bicyclic) bond motifs is 8. The maximum absolute atomic E-state index is 15.9. The molecule has 16 N–H and O–H groups in total. The van der Waals surface area contributed by atoms with E-state index in [1.165, 1.54) is 0 Å². The van der Waals surface area contributed by atoms with E-state index in [-0.39, 0.29) is 118 Å². The molecule has 1 aliphatic carbocycles. The van der Waals surface area contributed by atoms with E-state index < -0.39 is 376 Å². The molecule has 2 unspecified atom stereocenters. The van der Waals surface area contributed by atoms with Gasteiger partial charge in [0.1, 0.15) is 47.2 Å². The van der Waals surface area contributed by atoms with E-state index in [1.54, 1.807) is 0 Å². The molecule has 36 nitrogen and oxygen atoms in total. The van der Waals surface area contributed by atoms with Crippen molar-refractivity contribution in [3.8, 4) is 46.0 Å². The Bertz CT molecular complexity index is 3750. The molecule has 8 bridgehead atoms. The Morgan fingerprint density at radius 3 is 0.702 bits per heavy atom. The number of hydrogen-bond donors (Lipinski definition) is 16. The van der Waals surface area contributed by atoms with Crippen molar-refractivity contribution >= 4 is 64.3 Å². The molecule has 44 heteroatoms. The average Bonchev–Trinajstić information content (AvgIpc) is 1.13. The van der Waals surface area contributed by atoms with E-state index in [0.717, 1.165) is 31.7 Å². The minimum Gasteiger partial charge on any atom is -0.872 e. The molecule has 4 aromatic carbocycles. The number of β-amino-alcohol motifs (C(OH)–C–C–N with tert-alkyl or cyclic N) is 4. The van der Waals surface area contributed by atoms with Crippen LogP contribution in [0, 0.1) is 0 Å². The van der Waals surface area contributed by atoms with Gasteiger partial charge in [0.2, 0.25) is 0 Å². The van der Waals surface area contributed by atoms with Gasteiger partial charge in [-0.15, -0.1) is 23.0 Å². The zero-order valence-corrected chi connectivity index (χ0v) is 67.8. The molecule has 0 saturated carbocycles. The van der Waals surface area contributed by atoms with Gasteiger partial charge in [-0.1, -0.05) is 12.1 Å². The Hall–Kier alpha value is -3.52. The predicted molar refractivity (Wildman–Crippen MR) is 332 cm³/mol. The van der Waals surface area contributed by atoms with Crippen molar-refractivity contribution in [2.45, 2.75) is 150 Å². The van der Waals surface area contributed by atoms with Crippen LogP contribution in [0.3, 0.4) is 0 Å². The first-order chi connectivity index (χ1) is 46.3. The molecule has 0 spiro atoms. The molecule has 0 aromatic heterocycles. The number of likely N-dealkylation sites (tertiary alicyclic amines) is 4. The van der Waals surface area contributed by atoms with Crippen LogP contribution in [0.5, 0.6) is 46.0 Å². The minimum absolute atomic E-state index is 0. The Morgan fingerprint density at radius 1 is 0.337 bits per heavy atom. The predicted octanol–water partition coefficient (Wildman–Crippen LogP) is -15.1. The molecule has 0 amide bonds. The van der Waals surface area contributed by atoms with Crippen LogP contribution in [-0.2, 0) is 85.8 Å². The standard InChI is InChI=1S/C60H76N4O32S4.4Na/c65-25-9-45(57(77)78)61(17-25)21-41-49(69)33-13-35(51(41)71)30(2-6-98(88,89)90)37-15-39(55(75)43(53(37)73)23-63-19-27(67)11-47(63)59(81)82)32(4-8-100(94,95)96)40-16-38(54(74)44(56(40)76)24-64-20-28(68)12-48(64)60(83)84)31(3-7-99(91,92)93)36-14-34(29(33)1-5-97(85,86)87)50(70)42(52(36)72)22-62-18-26(66)10-46(62)58(79)80;;;;/h13-16,25-32,45-48,65-76H,1-12,17-24H2,(H,77,78)(H,79,80)(H,81,82)(H,83,84)(H,85,86,87)(H,88,89,90)(H,91,92,93)(H,94,95,96);;;;/q;4*+1/p-4/t25-,26-,27-,28-,29?,30?,31?,32?,45-,46-,47-,48-;;;;/m0..../s1. The first kappa shape index (κ1) is 91.1. The molecular formula is C60H72N4Na4O32S4. The molecule has 4 heterocycles. The third-order valence-corrected chi connectivity index (χ3v) is 22.4. The molecule has 552 valence electrons. The van der Waals surface area contributed by atoms with Gasteiger partial charge < -0.3 is 81.7 Å². The molecule has 4 aromatic rings. The van der Waals surface area contributed by atoms with E-state index in [0.29, 0.717) is 12.1 Å². The number of hydrogen-bond acceptors (Lipinski definition) is 28. The average molecular weight is 1580 g/mol. The van der Waals surface area contributed by atoms with Crippen molar-refractivity contribution in [2.24, 2.45) is 0 Å². The first-order valence-electron chi connectivity index (χ1n) is 31.0. The van der Waals surface area contributed by atoms with Gasteiger partial charge in [-0.05, 0) is 71.2 Å². The largest absolute Gasteiger partial charge is 1.00 e. The van der Waals surface area contributed by atoms with Crippen molar-refractivity contribution < 1.29 is 271 Å². The van der Waals surface area contributed by atoms with Crippen molar-refractivity contribution in [3.05, 3.63) is 91.0 Å². The number of aliphatic carboxylic acids is 4. The summed E-state index contributed by atoms with van der Waals surface area (Å²) in [6, 6.07) is -4.11. The Kier molecular flexibility index (Phi) is 31.2. The van der Waals surface area contributed by atoms with Crippen molar-refractivity contribution in [2.75, 3.05) is 49.2 Å². The smallest absolute Gasteiger partial charge is 0.872 e. The van der Waals surface area contributed by atoms with Crippen LogP contribution < -0.4 is 139 Å². The van der Waals surface area contributed by atoms with Gasteiger partial charge in [0.25, 0.3) is 40.5 Å².